The number of hydrogen-bond acceptors (Lipinski definition) is 4. The Labute approximate surface area is 191 Å². The minimum Gasteiger partial charge on any atom is -0.322 e. The van der Waals surface area contributed by atoms with Gasteiger partial charge in [0, 0.05) is 30.0 Å². The second-order valence-electron chi connectivity index (χ2n) is 7.51. The molecule has 0 atom stereocenters. The summed E-state index contributed by atoms with van der Waals surface area (Å²) >= 11 is 0. The summed E-state index contributed by atoms with van der Waals surface area (Å²) < 4.78 is 40.9. The first kappa shape index (κ1) is 22.6. The Morgan fingerprint density at radius 1 is 1.03 bits per heavy atom. The molecule has 9 heteroatoms. The van der Waals surface area contributed by atoms with Gasteiger partial charge in [-0.25, -0.2) is 17.5 Å². The average molecular weight is 468 g/mol. The van der Waals surface area contributed by atoms with Gasteiger partial charge in [-0.3, -0.25) is 9.59 Å². The van der Waals surface area contributed by atoms with Crippen LogP contribution < -0.4 is 14.9 Å². The number of benzene rings is 3. The summed E-state index contributed by atoms with van der Waals surface area (Å²) in [5.74, 6) is -1.79. The molecule has 3 aromatic carbocycles. The van der Waals surface area contributed by atoms with E-state index in [1.54, 1.807) is 36.1 Å². The fourth-order valence-corrected chi connectivity index (χ4v) is 4.79. The van der Waals surface area contributed by atoms with E-state index in [1.807, 2.05) is 24.3 Å². The lowest BCUT2D eigenvalue weighted by Crippen LogP contribution is -2.28. The third-order valence-corrected chi connectivity index (χ3v) is 6.89. The molecule has 1 heterocycles. The van der Waals surface area contributed by atoms with Gasteiger partial charge in [-0.2, -0.15) is 0 Å². The molecule has 1 aliphatic rings. The Morgan fingerprint density at radius 3 is 2.48 bits per heavy atom. The largest absolute Gasteiger partial charge is 0.322 e. The van der Waals surface area contributed by atoms with E-state index in [1.165, 1.54) is 0 Å². The molecule has 1 aliphatic heterocycles. The van der Waals surface area contributed by atoms with Crippen molar-refractivity contribution in [3.63, 3.8) is 0 Å². The van der Waals surface area contributed by atoms with Gasteiger partial charge in [-0.15, -0.1) is 0 Å². The van der Waals surface area contributed by atoms with Crippen molar-refractivity contribution in [2.45, 2.75) is 18.2 Å². The Bertz CT molecular complexity index is 1320. The van der Waals surface area contributed by atoms with Crippen LogP contribution in [-0.2, 0) is 16.4 Å². The van der Waals surface area contributed by atoms with Crippen LogP contribution in [0.5, 0.6) is 0 Å². The molecule has 170 valence electrons. The molecule has 0 spiro atoms. The van der Waals surface area contributed by atoms with Gasteiger partial charge in [0.25, 0.3) is 11.8 Å². The number of nitrogens with one attached hydrogen (secondary N) is 2. The van der Waals surface area contributed by atoms with Gasteiger partial charge < -0.3 is 10.2 Å². The van der Waals surface area contributed by atoms with Gasteiger partial charge >= 0.3 is 0 Å². The molecule has 0 saturated carbocycles. The molecule has 33 heavy (non-hydrogen) atoms. The number of nitrogens with zero attached hydrogens (tertiary/aromatic N) is 1. The third-order valence-electron chi connectivity index (χ3n) is 5.35. The van der Waals surface area contributed by atoms with E-state index in [2.05, 4.69) is 10.0 Å². The molecule has 2 N–H and O–H groups in total. The van der Waals surface area contributed by atoms with E-state index in [9.17, 15) is 22.4 Å². The maximum absolute atomic E-state index is 14.2. The van der Waals surface area contributed by atoms with Gasteiger partial charge in [0.15, 0.2) is 0 Å². The average Bonchev–Trinajstić information content (AvgIpc) is 3.23. The van der Waals surface area contributed by atoms with E-state index in [4.69, 9.17) is 0 Å². The number of halogens is 1. The van der Waals surface area contributed by atoms with Crippen LogP contribution >= 0.6 is 0 Å². The van der Waals surface area contributed by atoms with E-state index < -0.39 is 27.3 Å². The van der Waals surface area contributed by atoms with Crippen LogP contribution in [0.2, 0.25) is 0 Å². The molecule has 0 radical (unpaired) electrons. The zero-order valence-electron chi connectivity index (χ0n) is 17.8. The summed E-state index contributed by atoms with van der Waals surface area (Å²) in [6, 6.07) is 17.0. The standard InChI is InChI=1S/C24H22FN3O4S/c1-2-26-33(31,32)19-11-12-21(25)20(15-19)23(29)27-18-9-7-17(8-10-18)24(30)28-14-13-16-5-3-4-6-22(16)28/h3-12,15,26H,2,13-14H2,1H3,(H,27,29). The molecule has 0 unspecified atom stereocenters. The maximum Gasteiger partial charge on any atom is 0.258 e. The van der Waals surface area contributed by atoms with E-state index in [0.717, 1.165) is 35.9 Å². The Morgan fingerprint density at radius 2 is 1.76 bits per heavy atom. The van der Waals surface area contributed by atoms with Crippen molar-refractivity contribution in [2.24, 2.45) is 0 Å². The Balaban J connectivity index is 1.50. The highest BCUT2D eigenvalue weighted by atomic mass is 32.2. The number of rotatable bonds is 6. The van der Waals surface area contributed by atoms with Gasteiger partial charge in [0.2, 0.25) is 10.0 Å². The van der Waals surface area contributed by atoms with Crippen LogP contribution in [0.4, 0.5) is 15.8 Å². The van der Waals surface area contributed by atoms with E-state index in [-0.39, 0.29) is 17.3 Å². The second kappa shape index (κ2) is 9.13. The van der Waals surface area contributed by atoms with Gasteiger partial charge in [0.05, 0.1) is 10.5 Å². The van der Waals surface area contributed by atoms with E-state index >= 15 is 0 Å². The zero-order valence-corrected chi connectivity index (χ0v) is 18.7. The number of carbonyl (C=O) groups is 2. The normalized spacial score (nSPS) is 13.0. The van der Waals surface area contributed by atoms with Gasteiger partial charge in [0.1, 0.15) is 5.82 Å². The van der Waals surface area contributed by atoms with Crippen molar-refractivity contribution < 1.29 is 22.4 Å². The van der Waals surface area contributed by atoms with Crippen molar-refractivity contribution in [3.05, 3.63) is 89.2 Å². The third kappa shape index (κ3) is 4.64. The summed E-state index contributed by atoms with van der Waals surface area (Å²) in [4.78, 5) is 27.0. The monoisotopic (exact) mass is 467 g/mol. The lowest BCUT2D eigenvalue weighted by molar-refractivity contribution is 0.0988. The topological polar surface area (TPSA) is 95.6 Å². The molecule has 0 fully saturated rings. The maximum atomic E-state index is 14.2. The molecule has 4 rings (SSSR count). The summed E-state index contributed by atoms with van der Waals surface area (Å²) in [5, 5.41) is 2.54. The minimum atomic E-state index is -3.84. The summed E-state index contributed by atoms with van der Waals surface area (Å²) in [6.07, 6.45) is 0.796. The fraction of sp³-hybridized carbons (Fsp3) is 0.167. The van der Waals surface area contributed by atoms with Gasteiger partial charge in [-0.1, -0.05) is 25.1 Å². The number of fused-ring (bicyclic) bond motifs is 1. The quantitative estimate of drug-likeness (QED) is 0.579. The SMILES string of the molecule is CCNS(=O)(=O)c1ccc(F)c(C(=O)Nc2ccc(C(=O)N3CCc4ccccc43)cc2)c1. The second-order valence-corrected chi connectivity index (χ2v) is 9.28. The van der Waals surface area contributed by atoms with Crippen molar-refractivity contribution in [1.29, 1.82) is 0 Å². The predicted molar refractivity (Wildman–Crippen MR) is 123 cm³/mol. The first-order valence-corrected chi connectivity index (χ1v) is 11.9. The molecule has 3 aromatic rings. The first-order chi connectivity index (χ1) is 15.8. The van der Waals surface area contributed by atoms with Crippen molar-refractivity contribution in [3.8, 4) is 0 Å². The zero-order chi connectivity index (χ0) is 23.6. The molecule has 7 nitrogen and oxygen atoms in total. The van der Waals surface area contributed by atoms with Crippen LogP contribution in [0.15, 0.2) is 71.6 Å². The minimum absolute atomic E-state index is 0.148. The van der Waals surface area contributed by atoms with Crippen molar-refractivity contribution in [1.82, 2.24) is 4.72 Å². The smallest absolute Gasteiger partial charge is 0.258 e. The Kier molecular flexibility index (Phi) is 6.26. The number of anilines is 2. The van der Waals surface area contributed by atoms with Crippen LogP contribution in [0.25, 0.3) is 0 Å². The van der Waals surface area contributed by atoms with Crippen LogP contribution in [-0.4, -0.2) is 33.3 Å². The number of amides is 2. The molecule has 2 amide bonds. The summed E-state index contributed by atoms with van der Waals surface area (Å²) in [6.45, 7) is 2.38. The van der Waals surface area contributed by atoms with Gasteiger partial charge in [-0.05, 0) is 60.5 Å². The highest BCUT2D eigenvalue weighted by molar-refractivity contribution is 7.89. The molecular weight excluding hydrogens is 445 g/mol. The molecule has 0 saturated heterocycles. The lowest BCUT2D eigenvalue weighted by Gasteiger charge is -2.17. The predicted octanol–water partition coefficient (Wildman–Crippen LogP) is 3.58. The number of sulfonamides is 1. The van der Waals surface area contributed by atoms with Crippen LogP contribution in [0, 0.1) is 5.82 Å². The lowest BCUT2D eigenvalue weighted by atomic mass is 10.1. The molecule has 0 aliphatic carbocycles. The number of carbonyl (C=O) groups excluding carboxylic acids is 2. The van der Waals surface area contributed by atoms with Crippen LogP contribution in [0.1, 0.15) is 33.2 Å². The highest BCUT2D eigenvalue weighted by Crippen LogP contribution is 2.29. The van der Waals surface area contributed by atoms with Crippen molar-refractivity contribution >= 4 is 33.2 Å². The summed E-state index contributed by atoms with van der Waals surface area (Å²) in [5.41, 5.74) is 2.41. The summed E-state index contributed by atoms with van der Waals surface area (Å²) in [7, 11) is -3.84. The first-order valence-electron chi connectivity index (χ1n) is 10.4. The Hall–Kier alpha value is -3.56. The number of hydrogen-bond donors (Lipinski definition) is 2. The van der Waals surface area contributed by atoms with Crippen LogP contribution in [0.3, 0.4) is 0 Å². The molecule has 0 bridgehead atoms. The molecule has 0 aromatic heterocycles. The molecular formula is C24H22FN3O4S. The fourth-order valence-electron chi connectivity index (χ4n) is 3.72. The highest BCUT2D eigenvalue weighted by Gasteiger charge is 2.25. The van der Waals surface area contributed by atoms with E-state index in [0.29, 0.717) is 17.8 Å². The van der Waals surface area contributed by atoms with Crippen molar-refractivity contribution in [2.75, 3.05) is 23.3 Å². The number of para-hydroxylation sites is 1.